The number of nitrogens with zero attached hydrogens (tertiary/aromatic N) is 1. The Morgan fingerprint density at radius 1 is 1.00 bits per heavy atom. The van der Waals surface area contributed by atoms with Crippen LogP contribution in [0.4, 0.5) is 0 Å². The second-order valence-electron chi connectivity index (χ2n) is 3.92. The first-order valence-corrected chi connectivity index (χ1v) is 4.68. The van der Waals surface area contributed by atoms with Gasteiger partial charge in [-0.1, -0.05) is 26.2 Å². The van der Waals surface area contributed by atoms with Crippen LogP contribution in [0.25, 0.3) is 0 Å². The van der Waals surface area contributed by atoms with Crippen LogP contribution in [0.5, 0.6) is 0 Å². The van der Waals surface area contributed by atoms with Gasteiger partial charge in [-0.3, -0.25) is 4.59 Å². The zero-order valence-electron chi connectivity index (χ0n) is 8.65. The summed E-state index contributed by atoms with van der Waals surface area (Å²) in [5.41, 5.74) is 0. The average Bonchev–Trinajstić information content (AvgIpc) is 1.85. The van der Waals surface area contributed by atoms with Crippen LogP contribution in [0.2, 0.25) is 0 Å². The van der Waals surface area contributed by atoms with Gasteiger partial charge in [-0.2, -0.15) is 5.84 Å². The summed E-state index contributed by atoms with van der Waals surface area (Å²) in [5, 5.41) is 0. The molecule has 0 unspecified atom stereocenters. The molecule has 76 valence electrons. The third kappa shape index (κ3) is 13.3. The molecule has 0 aliphatic heterocycles. The van der Waals surface area contributed by atoms with Crippen LogP contribution in [0.15, 0.2) is 0 Å². The number of halogens is 1. The largest absolute Gasteiger partial charge is 1.00 e. The van der Waals surface area contributed by atoms with E-state index >= 15 is 0 Å². The van der Waals surface area contributed by atoms with Gasteiger partial charge in [-0.25, -0.2) is 0 Å². The third-order valence-electron chi connectivity index (χ3n) is 1.84. The fourth-order valence-electron chi connectivity index (χ4n) is 1.12. The quantitative estimate of drug-likeness (QED) is 0.217. The molecule has 0 heterocycles. The number of quaternary nitrogens is 1. The zero-order chi connectivity index (χ0) is 8.74. The fraction of sp³-hybridized carbons (Fsp3) is 1.00. The summed E-state index contributed by atoms with van der Waals surface area (Å²) < 4.78 is 0.617. The average molecular weight is 286 g/mol. The first-order chi connectivity index (χ1) is 5.06. The maximum absolute atomic E-state index is 5.79. The van der Waals surface area contributed by atoms with Crippen molar-refractivity contribution in [2.75, 3.05) is 20.6 Å². The molecule has 0 amide bonds. The first-order valence-electron chi connectivity index (χ1n) is 4.68. The van der Waals surface area contributed by atoms with Crippen LogP contribution in [-0.4, -0.2) is 25.2 Å². The van der Waals surface area contributed by atoms with E-state index < -0.39 is 0 Å². The third-order valence-corrected chi connectivity index (χ3v) is 1.84. The molecule has 0 aliphatic carbocycles. The number of unbranched alkanes of at least 4 members (excludes halogenated alkanes) is 4. The van der Waals surface area contributed by atoms with Crippen LogP contribution in [0.1, 0.15) is 39.0 Å². The van der Waals surface area contributed by atoms with Crippen molar-refractivity contribution in [3.63, 3.8) is 0 Å². The van der Waals surface area contributed by atoms with E-state index in [9.17, 15) is 0 Å². The van der Waals surface area contributed by atoms with E-state index in [1.165, 1.54) is 32.1 Å². The van der Waals surface area contributed by atoms with E-state index in [1.807, 2.05) is 14.1 Å². The smallest absolute Gasteiger partial charge is 0.0955 e. The lowest BCUT2D eigenvalue weighted by Gasteiger charge is -2.21. The summed E-state index contributed by atoms with van der Waals surface area (Å²) >= 11 is 0. The Morgan fingerprint density at radius 3 is 1.92 bits per heavy atom. The summed E-state index contributed by atoms with van der Waals surface area (Å²) in [6.45, 7) is 3.34. The van der Waals surface area contributed by atoms with E-state index in [-0.39, 0.29) is 24.0 Å². The summed E-state index contributed by atoms with van der Waals surface area (Å²) in [5.74, 6) is 5.79. The summed E-state index contributed by atoms with van der Waals surface area (Å²) in [4.78, 5) is 0. The van der Waals surface area contributed by atoms with Crippen molar-refractivity contribution in [1.29, 1.82) is 0 Å². The van der Waals surface area contributed by atoms with Gasteiger partial charge in [0.05, 0.1) is 20.6 Å². The molecule has 3 heteroatoms. The molecular formula is C9H23IN2. The van der Waals surface area contributed by atoms with Crippen LogP contribution in [0, 0.1) is 0 Å². The summed E-state index contributed by atoms with van der Waals surface area (Å²) in [6, 6.07) is 0. The van der Waals surface area contributed by atoms with E-state index in [0.717, 1.165) is 6.54 Å². The molecule has 0 saturated heterocycles. The molecular weight excluding hydrogens is 263 g/mol. The van der Waals surface area contributed by atoms with Crippen molar-refractivity contribution in [2.24, 2.45) is 5.84 Å². The van der Waals surface area contributed by atoms with Crippen molar-refractivity contribution < 1.29 is 28.6 Å². The number of hydrogen-bond donors (Lipinski definition) is 1. The molecule has 0 fully saturated rings. The van der Waals surface area contributed by atoms with Gasteiger partial charge in [-0.15, -0.1) is 0 Å². The Morgan fingerprint density at radius 2 is 1.50 bits per heavy atom. The van der Waals surface area contributed by atoms with Crippen molar-refractivity contribution >= 4 is 0 Å². The second-order valence-corrected chi connectivity index (χ2v) is 3.92. The topological polar surface area (TPSA) is 26.0 Å². The SMILES string of the molecule is CCCCCCC[N+](C)(C)N.[I-]. The molecule has 2 nitrogen and oxygen atoms in total. The minimum absolute atomic E-state index is 0. The maximum atomic E-state index is 5.79. The Balaban J connectivity index is 0. The van der Waals surface area contributed by atoms with Gasteiger partial charge < -0.3 is 24.0 Å². The maximum Gasteiger partial charge on any atom is 0.0955 e. The Labute approximate surface area is 94.1 Å². The van der Waals surface area contributed by atoms with Gasteiger partial charge in [0.25, 0.3) is 0 Å². The van der Waals surface area contributed by atoms with E-state index in [0.29, 0.717) is 4.59 Å². The molecule has 0 rings (SSSR count). The Bertz CT molecular complexity index is 89.0. The minimum Gasteiger partial charge on any atom is -1.00 e. The van der Waals surface area contributed by atoms with Crippen molar-refractivity contribution in [1.82, 2.24) is 0 Å². The predicted octanol–water partition coefficient (Wildman–Crippen LogP) is -1.09. The van der Waals surface area contributed by atoms with E-state index in [1.54, 1.807) is 0 Å². The predicted molar refractivity (Wildman–Crippen MR) is 49.9 cm³/mol. The first kappa shape index (κ1) is 15.1. The molecule has 0 aromatic rings. The van der Waals surface area contributed by atoms with Crippen molar-refractivity contribution in [3.8, 4) is 0 Å². The molecule has 12 heavy (non-hydrogen) atoms. The highest BCUT2D eigenvalue weighted by atomic mass is 127. The lowest BCUT2D eigenvalue weighted by molar-refractivity contribution is -0.902. The lowest BCUT2D eigenvalue weighted by Crippen LogP contribution is -3.00. The van der Waals surface area contributed by atoms with Crippen LogP contribution in [-0.2, 0) is 0 Å². The minimum atomic E-state index is 0. The van der Waals surface area contributed by atoms with Gasteiger partial charge in [0.1, 0.15) is 0 Å². The molecule has 0 spiro atoms. The molecule has 0 radical (unpaired) electrons. The number of nitrogens with two attached hydrogens (primary N) is 1. The van der Waals surface area contributed by atoms with Crippen LogP contribution >= 0.6 is 0 Å². The molecule has 2 N–H and O–H groups in total. The van der Waals surface area contributed by atoms with Gasteiger partial charge in [0.15, 0.2) is 0 Å². The fourth-order valence-corrected chi connectivity index (χ4v) is 1.12. The summed E-state index contributed by atoms with van der Waals surface area (Å²) in [6.07, 6.45) is 6.67. The van der Waals surface area contributed by atoms with E-state index in [2.05, 4.69) is 6.92 Å². The van der Waals surface area contributed by atoms with Gasteiger partial charge >= 0.3 is 0 Å². The second kappa shape index (κ2) is 8.26. The molecule has 0 aliphatic rings. The lowest BCUT2D eigenvalue weighted by atomic mass is 10.1. The normalized spacial score (nSPS) is 11.0. The number of hydrogen-bond acceptors (Lipinski definition) is 1. The van der Waals surface area contributed by atoms with Gasteiger partial charge in [0, 0.05) is 0 Å². The molecule has 0 atom stereocenters. The highest BCUT2D eigenvalue weighted by Gasteiger charge is 2.05. The standard InChI is InChI=1S/C9H23N2.HI/c1-4-5-6-7-8-9-11(2,3)10;/h4-10H2,1-3H3;1H/q+1;/p-1. The Hall–Kier alpha value is 0.650. The van der Waals surface area contributed by atoms with Gasteiger partial charge in [0.2, 0.25) is 0 Å². The van der Waals surface area contributed by atoms with Crippen LogP contribution in [0.3, 0.4) is 0 Å². The van der Waals surface area contributed by atoms with Crippen molar-refractivity contribution in [2.45, 2.75) is 39.0 Å². The molecule has 0 aromatic heterocycles. The molecule has 0 aromatic carbocycles. The highest BCUT2D eigenvalue weighted by Crippen LogP contribution is 2.03. The van der Waals surface area contributed by atoms with Gasteiger partial charge in [-0.05, 0) is 12.8 Å². The molecule has 0 saturated carbocycles. The highest BCUT2D eigenvalue weighted by molar-refractivity contribution is 4.40. The monoisotopic (exact) mass is 286 g/mol. The zero-order valence-corrected chi connectivity index (χ0v) is 10.8. The van der Waals surface area contributed by atoms with Crippen LogP contribution < -0.4 is 29.8 Å². The molecule has 0 bridgehead atoms. The van der Waals surface area contributed by atoms with E-state index in [4.69, 9.17) is 5.84 Å². The number of rotatable bonds is 6. The Kier molecular flexibility index (Phi) is 10.4. The summed E-state index contributed by atoms with van der Waals surface area (Å²) in [7, 11) is 4.08. The van der Waals surface area contributed by atoms with Crippen molar-refractivity contribution in [3.05, 3.63) is 0 Å².